The Bertz CT molecular complexity index is 95.0. The van der Waals surface area contributed by atoms with Gasteiger partial charge in [0.15, 0.2) is 0 Å². The average Bonchev–Trinajstić information content (AvgIpc) is 1.87. The van der Waals surface area contributed by atoms with E-state index in [0.29, 0.717) is 13.0 Å². The van der Waals surface area contributed by atoms with E-state index < -0.39 is 5.38 Å². The van der Waals surface area contributed by atoms with E-state index in [4.69, 9.17) is 11.6 Å². The van der Waals surface area contributed by atoms with Crippen LogP contribution >= 0.6 is 11.6 Å². The van der Waals surface area contributed by atoms with Crippen molar-refractivity contribution in [3.05, 3.63) is 0 Å². The minimum atomic E-state index is -0.468. The van der Waals surface area contributed by atoms with Gasteiger partial charge in [0.05, 0.1) is 6.61 Å². The molecule has 0 bridgehead atoms. The average molecular weight is 169 g/mol. The number of carbonyl (C=O) groups excluding carboxylic acids is 1. The molecule has 1 atom stereocenters. The predicted molar refractivity (Wildman–Crippen MR) is 40.2 cm³/mol. The van der Waals surface area contributed by atoms with Crippen molar-refractivity contribution in [2.45, 2.75) is 25.6 Å². The maximum atomic E-state index is 10.6. The van der Waals surface area contributed by atoms with E-state index in [-0.39, 0.29) is 11.4 Å². The number of rotatable bonds is 3. The summed E-state index contributed by atoms with van der Waals surface area (Å²) in [6.07, 6.45) is 0.625. The summed E-state index contributed by atoms with van der Waals surface area (Å²) in [7, 11) is 0. The van der Waals surface area contributed by atoms with E-state index in [1.165, 1.54) is 0 Å². The van der Waals surface area contributed by atoms with Crippen LogP contribution in [0.1, 0.15) is 20.3 Å². The number of ether oxygens (including phenoxy) is 1. The Labute approximate surface area is 65.6 Å². The fourth-order valence-corrected chi connectivity index (χ4v) is 0.462. The molecule has 0 amide bonds. The van der Waals surface area contributed by atoms with Gasteiger partial charge in [0.1, 0.15) is 5.38 Å². The van der Waals surface area contributed by atoms with Crippen LogP contribution in [0.3, 0.4) is 0 Å². The smallest absolute Gasteiger partial charge is 0.324 e. The molecule has 10 heavy (non-hydrogen) atoms. The molecule has 0 heterocycles. The molecule has 0 saturated heterocycles. The summed E-state index contributed by atoms with van der Waals surface area (Å²) >= 11 is 5.52. The van der Waals surface area contributed by atoms with Gasteiger partial charge in [-0.05, 0) is 13.3 Å². The van der Waals surface area contributed by atoms with Gasteiger partial charge in [-0.3, -0.25) is 4.79 Å². The molecule has 62 valence electrons. The molecule has 0 fully saturated rings. The van der Waals surface area contributed by atoms with Crippen molar-refractivity contribution in [2.75, 3.05) is 6.61 Å². The van der Waals surface area contributed by atoms with Crippen molar-refractivity contribution >= 4 is 17.6 Å². The highest BCUT2D eigenvalue weighted by Crippen LogP contribution is 2.02. The van der Waals surface area contributed by atoms with Crippen LogP contribution in [0.4, 0.5) is 0 Å². The Morgan fingerprint density at radius 3 is 2.40 bits per heavy atom. The Hall–Kier alpha value is -0.280. The molecule has 0 aliphatic heterocycles. The van der Waals surface area contributed by atoms with E-state index in [1.54, 1.807) is 6.92 Å². The standard InChI is InChI=1S/C6H11ClO2.H2O/c1-3-5(7)6(8)9-4-2;/h5H,3-4H2,1-2H3;1H2. The third-order valence-electron chi connectivity index (χ3n) is 0.901. The summed E-state index contributed by atoms with van der Waals surface area (Å²) in [5, 5.41) is -0.468. The molecular formula is C6H13ClO3. The van der Waals surface area contributed by atoms with Crippen LogP contribution in [0.25, 0.3) is 0 Å². The molecule has 3 nitrogen and oxygen atoms in total. The predicted octanol–water partition coefficient (Wildman–Crippen LogP) is 0.742. The minimum absolute atomic E-state index is 0. The molecule has 0 saturated carbocycles. The van der Waals surface area contributed by atoms with Gasteiger partial charge in [-0.1, -0.05) is 6.92 Å². The van der Waals surface area contributed by atoms with Gasteiger partial charge in [-0.15, -0.1) is 11.6 Å². The number of carbonyl (C=O) groups is 1. The van der Waals surface area contributed by atoms with Crippen molar-refractivity contribution in [1.29, 1.82) is 0 Å². The number of alkyl halides is 1. The normalized spacial score (nSPS) is 11.5. The van der Waals surface area contributed by atoms with Crippen LogP contribution in [0, 0.1) is 0 Å². The molecule has 0 radical (unpaired) electrons. The summed E-state index contributed by atoms with van der Waals surface area (Å²) in [5.41, 5.74) is 0. The third kappa shape index (κ3) is 4.58. The van der Waals surface area contributed by atoms with E-state index in [2.05, 4.69) is 4.74 Å². The summed E-state index contributed by atoms with van der Waals surface area (Å²) in [5.74, 6) is -0.318. The van der Waals surface area contributed by atoms with Crippen molar-refractivity contribution in [3.8, 4) is 0 Å². The van der Waals surface area contributed by atoms with Gasteiger partial charge in [0, 0.05) is 0 Å². The molecule has 2 N–H and O–H groups in total. The summed E-state index contributed by atoms with van der Waals surface area (Å²) in [4.78, 5) is 10.6. The van der Waals surface area contributed by atoms with Gasteiger partial charge in [-0.2, -0.15) is 0 Å². The van der Waals surface area contributed by atoms with Crippen LogP contribution in [-0.2, 0) is 9.53 Å². The van der Waals surface area contributed by atoms with E-state index in [1.807, 2.05) is 6.92 Å². The highest BCUT2D eigenvalue weighted by Gasteiger charge is 2.12. The lowest BCUT2D eigenvalue weighted by atomic mass is 10.3. The number of esters is 1. The number of hydrogen-bond acceptors (Lipinski definition) is 2. The van der Waals surface area contributed by atoms with Gasteiger partial charge < -0.3 is 10.2 Å². The van der Waals surface area contributed by atoms with Crippen LogP contribution in [-0.4, -0.2) is 23.4 Å². The Morgan fingerprint density at radius 2 is 2.10 bits per heavy atom. The fourth-order valence-electron chi connectivity index (χ4n) is 0.399. The van der Waals surface area contributed by atoms with Gasteiger partial charge in [-0.25, -0.2) is 0 Å². The lowest BCUT2D eigenvalue weighted by Crippen LogP contribution is -2.16. The highest BCUT2D eigenvalue weighted by molar-refractivity contribution is 6.29. The molecule has 0 aliphatic carbocycles. The monoisotopic (exact) mass is 168 g/mol. The molecule has 0 aromatic rings. The van der Waals surface area contributed by atoms with E-state index >= 15 is 0 Å². The second kappa shape index (κ2) is 6.83. The van der Waals surface area contributed by atoms with Crippen molar-refractivity contribution in [2.24, 2.45) is 0 Å². The van der Waals surface area contributed by atoms with Gasteiger partial charge in [0.2, 0.25) is 0 Å². The van der Waals surface area contributed by atoms with Crippen LogP contribution < -0.4 is 0 Å². The first-order valence-corrected chi connectivity index (χ1v) is 3.46. The van der Waals surface area contributed by atoms with E-state index in [0.717, 1.165) is 0 Å². The van der Waals surface area contributed by atoms with Crippen molar-refractivity contribution in [1.82, 2.24) is 0 Å². The minimum Gasteiger partial charge on any atom is -0.465 e. The highest BCUT2D eigenvalue weighted by atomic mass is 35.5. The second-order valence-corrected chi connectivity index (χ2v) is 2.15. The third-order valence-corrected chi connectivity index (χ3v) is 1.39. The van der Waals surface area contributed by atoms with Crippen molar-refractivity contribution < 1.29 is 15.0 Å². The molecule has 0 rings (SSSR count). The first-order valence-electron chi connectivity index (χ1n) is 3.03. The van der Waals surface area contributed by atoms with Crippen LogP contribution in [0.2, 0.25) is 0 Å². The Kier molecular flexibility index (Phi) is 8.48. The molecular weight excluding hydrogens is 156 g/mol. The lowest BCUT2D eigenvalue weighted by molar-refractivity contribution is -0.142. The molecule has 0 aliphatic rings. The van der Waals surface area contributed by atoms with Crippen LogP contribution in [0.15, 0.2) is 0 Å². The maximum Gasteiger partial charge on any atom is 0.324 e. The zero-order valence-electron chi connectivity index (χ0n) is 6.19. The Balaban J connectivity index is 0. The maximum absolute atomic E-state index is 10.6. The first-order chi connectivity index (χ1) is 4.22. The summed E-state index contributed by atoms with van der Waals surface area (Å²) < 4.78 is 4.62. The quantitative estimate of drug-likeness (QED) is 0.461. The number of hydrogen-bond donors (Lipinski definition) is 0. The van der Waals surface area contributed by atoms with Gasteiger partial charge in [0.25, 0.3) is 0 Å². The topological polar surface area (TPSA) is 57.8 Å². The summed E-state index contributed by atoms with van der Waals surface area (Å²) in [6.45, 7) is 4.01. The fraction of sp³-hybridized carbons (Fsp3) is 0.833. The largest absolute Gasteiger partial charge is 0.465 e. The molecule has 1 unspecified atom stereocenters. The Morgan fingerprint density at radius 1 is 1.60 bits per heavy atom. The van der Waals surface area contributed by atoms with E-state index in [9.17, 15) is 4.79 Å². The molecule has 0 aromatic carbocycles. The molecule has 4 heteroatoms. The van der Waals surface area contributed by atoms with Gasteiger partial charge >= 0.3 is 5.97 Å². The lowest BCUT2D eigenvalue weighted by Gasteiger charge is -2.03. The summed E-state index contributed by atoms with van der Waals surface area (Å²) in [6, 6.07) is 0. The molecule has 0 spiro atoms. The zero-order valence-corrected chi connectivity index (χ0v) is 6.94. The molecule has 0 aromatic heterocycles. The zero-order chi connectivity index (χ0) is 7.28. The SMILES string of the molecule is CCOC(=O)C(Cl)CC.O. The number of halogens is 1. The van der Waals surface area contributed by atoms with Crippen molar-refractivity contribution in [3.63, 3.8) is 0 Å². The first kappa shape index (κ1) is 12.4. The van der Waals surface area contributed by atoms with Crippen LogP contribution in [0.5, 0.6) is 0 Å². The second-order valence-electron chi connectivity index (χ2n) is 1.63.